The van der Waals surface area contributed by atoms with Crippen molar-refractivity contribution in [2.24, 2.45) is 0 Å². The summed E-state index contributed by atoms with van der Waals surface area (Å²) in [4.78, 5) is 70.5. The van der Waals surface area contributed by atoms with Crippen LogP contribution < -0.4 is 10.2 Å². The second kappa shape index (κ2) is 13.2. The van der Waals surface area contributed by atoms with Gasteiger partial charge in [-0.25, -0.2) is 24.0 Å². The number of ether oxygens (including phenoxy) is 5. The number of para-hydroxylation sites is 2. The number of benzene rings is 2. The Morgan fingerprint density at radius 3 is 2.08 bits per heavy atom. The van der Waals surface area contributed by atoms with Gasteiger partial charge in [-0.15, -0.1) is 0 Å². The third-order valence-electron chi connectivity index (χ3n) is 8.64. The summed E-state index contributed by atoms with van der Waals surface area (Å²) in [6.45, 7) is 10.3. The van der Waals surface area contributed by atoms with Crippen molar-refractivity contribution in [1.82, 2.24) is 14.8 Å². The molecule has 3 heterocycles. The number of nitrogens with zero attached hydrogens (tertiary/aromatic N) is 3. The fourth-order valence-corrected chi connectivity index (χ4v) is 6.96. The van der Waals surface area contributed by atoms with Crippen LogP contribution in [0.5, 0.6) is 0 Å². The average molecular weight is 693 g/mol. The molecule has 2 aliphatic rings. The van der Waals surface area contributed by atoms with Gasteiger partial charge in [-0.1, -0.05) is 36.4 Å². The molecule has 1 fully saturated rings. The normalized spacial score (nSPS) is 20.4. The van der Waals surface area contributed by atoms with Crippen LogP contribution in [0.25, 0.3) is 10.9 Å². The molecule has 0 spiro atoms. The first-order valence-corrected chi connectivity index (χ1v) is 16.2. The van der Waals surface area contributed by atoms with Gasteiger partial charge in [0.25, 0.3) is 0 Å². The zero-order chi connectivity index (χ0) is 36.8. The average Bonchev–Trinajstić information content (AvgIpc) is 3.67. The molecule has 3 aromatic rings. The predicted molar refractivity (Wildman–Crippen MR) is 181 cm³/mol. The summed E-state index contributed by atoms with van der Waals surface area (Å²) in [5, 5.41) is 3.31. The van der Waals surface area contributed by atoms with Crippen LogP contribution in [0, 0.1) is 0 Å². The lowest BCUT2D eigenvalue weighted by Gasteiger charge is -2.40. The SMILES string of the molecule is COC(=O)N[C@@H](Cc1cc2ccccc2n1[C@]12C[C@@H](C(=O)OC)N(C(=O)OC(C)(C)C)[C@H]1N(C(=O)OC(C)(C)C)c1ccccc12)C(=O)OC. The van der Waals surface area contributed by atoms with Gasteiger partial charge in [-0.3, -0.25) is 9.80 Å². The summed E-state index contributed by atoms with van der Waals surface area (Å²) in [7, 11) is 3.62. The Morgan fingerprint density at radius 2 is 1.46 bits per heavy atom. The van der Waals surface area contributed by atoms with Gasteiger partial charge in [0.2, 0.25) is 0 Å². The van der Waals surface area contributed by atoms with E-state index in [0.717, 1.165) is 5.39 Å². The number of carbonyl (C=O) groups excluding carboxylic acids is 5. The van der Waals surface area contributed by atoms with Gasteiger partial charge in [-0.2, -0.15) is 0 Å². The first-order valence-electron chi connectivity index (χ1n) is 16.2. The molecule has 14 heteroatoms. The number of amides is 3. The van der Waals surface area contributed by atoms with E-state index in [0.29, 0.717) is 22.5 Å². The molecule has 14 nitrogen and oxygen atoms in total. The van der Waals surface area contributed by atoms with Crippen LogP contribution in [0.1, 0.15) is 59.2 Å². The van der Waals surface area contributed by atoms with Crippen molar-refractivity contribution in [3.63, 3.8) is 0 Å². The molecule has 2 aromatic carbocycles. The zero-order valence-corrected chi connectivity index (χ0v) is 29.8. The van der Waals surface area contributed by atoms with Crippen molar-refractivity contribution >= 4 is 46.8 Å². The lowest BCUT2D eigenvalue weighted by Crippen LogP contribution is -2.59. The standard InChI is InChI=1S/C36H44N4O10/c1-34(2,3)49-32(44)38-26-17-13-11-15-23(26)36(20-27(29(42)47-8)39(30(36)38)33(45)50-35(4,5)6)40-22(18-21-14-10-12-16-25(21)40)19-24(28(41)46-7)37-31(43)48-9/h10-18,24,27,30H,19-20H2,1-9H3,(H,37,43)/t24-,27-,30+,36-/m0/s1. The molecular formula is C36H44N4O10. The Hall–Kier alpha value is -5.27. The van der Waals surface area contributed by atoms with Crippen LogP contribution in [0.15, 0.2) is 54.6 Å². The highest BCUT2D eigenvalue weighted by Gasteiger charge is 2.68. The van der Waals surface area contributed by atoms with Gasteiger partial charge in [0, 0.05) is 29.6 Å². The maximum Gasteiger partial charge on any atom is 0.416 e. The zero-order valence-electron chi connectivity index (χ0n) is 29.8. The number of hydrogen-bond acceptors (Lipinski definition) is 10. The van der Waals surface area contributed by atoms with Gasteiger partial charge >= 0.3 is 30.2 Å². The summed E-state index contributed by atoms with van der Waals surface area (Å²) in [6, 6.07) is 14.0. The molecule has 4 atom stereocenters. The summed E-state index contributed by atoms with van der Waals surface area (Å²) < 4.78 is 28.9. The molecule has 5 rings (SSSR count). The smallest absolute Gasteiger partial charge is 0.416 e. The van der Waals surface area contributed by atoms with Gasteiger partial charge in [0.15, 0.2) is 0 Å². The van der Waals surface area contributed by atoms with Crippen molar-refractivity contribution in [2.75, 3.05) is 26.2 Å². The van der Waals surface area contributed by atoms with Crippen LogP contribution in [-0.2, 0) is 45.2 Å². The van der Waals surface area contributed by atoms with Crippen molar-refractivity contribution in [3.8, 4) is 0 Å². The largest absolute Gasteiger partial charge is 0.467 e. The van der Waals surface area contributed by atoms with Gasteiger partial charge in [0.05, 0.1) is 27.0 Å². The molecule has 0 bridgehead atoms. The molecule has 3 amide bonds. The fraction of sp³-hybridized carbons (Fsp3) is 0.472. The molecule has 1 saturated heterocycles. The molecule has 2 aliphatic heterocycles. The molecule has 0 saturated carbocycles. The van der Waals surface area contributed by atoms with Gasteiger partial charge < -0.3 is 33.6 Å². The number of rotatable bonds is 6. The third kappa shape index (κ3) is 6.41. The van der Waals surface area contributed by atoms with Crippen LogP contribution in [0.4, 0.5) is 20.1 Å². The summed E-state index contributed by atoms with van der Waals surface area (Å²) in [5.74, 6) is -1.44. The number of aromatic nitrogens is 1. The molecule has 0 radical (unpaired) electrons. The minimum absolute atomic E-state index is 0.0567. The summed E-state index contributed by atoms with van der Waals surface area (Å²) >= 11 is 0. The quantitative estimate of drug-likeness (QED) is 0.273. The Balaban J connectivity index is 1.87. The molecule has 1 aromatic heterocycles. The van der Waals surface area contributed by atoms with E-state index in [1.165, 1.54) is 31.1 Å². The molecule has 0 aliphatic carbocycles. The molecule has 50 heavy (non-hydrogen) atoms. The van der Waals surface area contributed by atoms with E-state index in [1.807, 2.05) is 41.0 Å². The van der Waals surface area contributed by atoms with Crippen LogP contribution in [0.2, 0.25) is 0 Å². The number of methoxy groups -OCH3 is 3. The molecule has 268 valence electrons. The van der Waals surface area contributed by atoms with Gasteiger partial charge in [0.1, 0.15) is 35.0 Å². The van der Waals surface area contributed by atoms with Crippen molar-refractivity contribution in [2.45, 2.75) is 89.4 Å². The second-order valence-corrected chi connectivity index (χ2v) is 14.2. The second-order valence-electron chi connectivity index (χ2n) is 14.2. The van der Waals surface area contributed by atoms with E-state index in [-0.39, 0.29) is 12.8 Å². The van der Waals surface area contributed by atoms with E-state index < -0.39 is 65.2 Å². The lowest BCUT2D eigenvalue weighted by atomic mass is 9.85. The maximum atomic E-state index is 14.4. The number of esters is 2. The first-order chi connectivity index (χ1) is 23.5. The van der Waals surface area contributed by atoms with Crippen molar-refractivity contribution in [1.29, 1.82) is 0 Å². The topological polar surface area (TPSA) is 155 Å². The van der Waals surface area contributed by atoms with E-state index in [9.17, 15) is 24.0 Å². The van der Waals surface area contributed by atoms with E-state index in [1.54, 1.807) is 59.7 Å². The summed E-state index contributed by atoms with van der Waals surface area (Å²) in [5.41, 5.74) is -1.02. The molecule has 1 N–H and O–H groups in total. The third-order valence-corrected chi connectivity index (χ3v) is 8.64. The number of anilines is 1. The van der Waals surface area contributed by atoms with Crippen LogP contribution in [0.3, 0.4) is 0 Å². The maximum absolute atomic E-state index is 14.4. The van der Waals surface area contributed by atoms with Crippen LogP contribution in [-0.4, -0.2) is 90.5 Å². The number of carbonyl (C=O) groups is 5. The van der Waals surface area contributed by atoms with E-state index in [4.69, 9.17) is 23.7 Å². The lowest BCUT2D eigenvalue weighted by molar-refractivity contribution is -0.146. The Morgan fingerprint density at radius 1 is 0.840 bits per heavy atom. The Bertz CT molecular complexity index is 1820. The summed E-state index contributed by atoms with van der Waals surface area (Å²) in [6.07, 6.45) is -3.82. The predicted octanol–water partition coefficient (Wildman–Crippen LogP) is 5.09. The van der Waals surface area contributed by atoms with Crippen molar-refractivity contribution in [3.05, 3.63) is 65.9 Å². The number of hydrogen-bond donors (Lipinski definition) is 1. The fourth-order valence-electron chi connectivity index (χ4n) is 6.96. The van der Waals surface area contributed by atoms with E-state index >= 15 is 0 Å². The number of likely N-dealkylation sites (tertiary alicyclic amines) is 1. The highest BCUT2D eigenvalue weighted by atomic mass is 16.6. The Labute approximate surface area is 290 Å². The number of fused-ring (bicyclic) bond motifs is 4. The van der Waals surface area contributed by atoms with Gasteiger partial charge in [-0.05, 0) is 65.1 Å². The number of alkyl carbamates (subject to hydrolysis) is 1. The minimum atomic E-state index is -1.38. The van der Waals surface area contributed by atoms with Crippen molar-refractivity contribution < 1.29 is 47.7 Å². The Kier molecular flexibility index (Phi) is 9.52. The monoisotopic (exact) mass is 692 g/mol. The first kappa shape index (κ1) is 36.0. The minimum Gasteiger partial charge on any atom is -0.467 e. The van der Waals surface area contributed by atoms with Crippen LogP contribution >= 0.6 is 0 Å². The molecule has 0 unspecified atom stereocenters. The number of nitrogens with one attached hydrogen (secondary N) is 1. The molecular weight excluding hydrogens is 648 g/mol. The highest BCUT2D eigenvalue weighted by molar-refractivity contribution is 5.96. The highest BCUT2D eigenvalue weighted by Crippen LogP contribution is 2.57. The van der Waals surface area contributed by atoms with E-state index in [2.05, 4.69) is 5.32 Å².